The fraction of sp³-hybridized carbons (Fsp3) is 0.750. The maximum absolute atomic E-state index is 10.4. The van der Waals surface area contributed by atoms with E-state index in [9.17, 15) is 15.0 Å². The zero-order valence-electron chi connectivity index (χ0n) is 11.6. The van der Waals surface area contributed by atoms with Gasteiger partial charge in [-0.25, -0.2) is 0 Å². The summed E-state index contributed by atoms with van der Waals surface area (Å²) in [4.78, 5) is 10.4. The van der Waals surface area contributed by atoms with E-state index in [0.717, 1.165) is 6.42 Å². The molecule has 0 aliphatic rings. The summed E-state index contributed by atoms with van der Waals surface area (Å²) in [6, 6.07) is -0.644. The fourth-order valence-corrected chi connectivity index (χ4v) is 1.23. The Morgan fingerprint density at radius 1 is 1.39 bits per heavy atom. The van der Waals surface area contributed by atoms with Crippen molar-refractivity contribution >= 4 is 5.97 Å². The molecular formula is C12H23KN2O3. The number of carboxylic acid groups (broad SMARTS) is 1. The molecule has 0 aliphatic heterocycles. The molecule has 0 fully saturated rings. The molecule has 5 nitrogen and oxygen atoms in total. The van der Waals surface area contributed by atoms with Gasteiger partial charge in [-0.05, 0) is 19.8 Å². The van der Waals surface area contributed by atoms with Gasteiger partial charge in [0, 0.05) is 25.7 Å². The molecular weight excluding hydrogens is 259 g/mol. The second-order valence-electron chi connectivity index (χ2n) is 3.97. The van der Waals surface area contributed by atoms with Gasteiger partial charge in [0.15, 0.2) is 0 Å². The van der Waals surface area contributed by atoms with Gasteiger partial charge in [0.25, 0.3) is 0 Å². The van der Waals surface area contributed by atoms with Gasteiger partial charge in [0.1, 0.15) is 0 Å². The molecule has 0 bridgehead atoms. The number of aliphatic carboxylic acids is 1. The average molecular weight is 282 g/mol. The summed E-state index contributed by atoms with van der Waals surface area (Å²) < 4.78 is 0. The first-order valence-corrected chi connectivity index (χ1v) is 6.06. The van der Waals surface area contributed by atoms with Gasteiger partial charge in [-0.1, -0.05) is 19.1 Å². The summed E-state index contributed by atoms with van der Waals surface area (Å²) in [5.74, 6) is -1.10. The van der Waals surface area contributed by atoms with E-state index in [2.05, 4.69) is 10.6 Å². The van der Waals surface area contributed by atoms with Crippen LogP contribution in [-0.2, 0) is 4.79 Å². The summed E-state index contributed by atoms with van der Waals surface area (Å²) in [6.45, 7) is 5.25. The van der Waals surface area contributed by atoms with Crippen molar-refractivity contribution in [2.75, 3.05) is 19.6 Å². The van der Waals surface area contributed by atoms with Crippen LogP contribution >= 0.6 is 0 Å². The third kappa shape index (κ3) is 13.2. The zero-order chi connectivity index (χ0) is 13.1. The molecule has 0 amide bonds. The summed E-state index contributed by atoms with van der Waals surface area (Å²) >= 11 is 0. The molecule has 0 saturated heterocycles. The Labute approximate surface area is 152 Å². The first kappa shape index (κ1) is 21.0. The number of carboxylic acids is 1. The van der Waals surface area contributed by atoms with E-state index in [-0.39, 0.29) is 51.4 Å². The van der Waals surface area contributed by atoms with Crippen LogP contribution in [0, 0.1) is 0 Å². The molecule has 0 aromatic rings. The van der Waals surface area contributed by atoms with Gasteiger partial charge in [-0.2, -0.15) is 0 Å². The second kappa shape index (κ2) is 14.1. The zero-order valence-corrected chi connectivity index (χ0v) is 14.7. The van der Waals surface area contributed by atoms with Gasteiger partial charge < -0.3 is 25.6 Å². The fourth-order valence-electron chi connectivity index (χ4n) is 1.23. The van der Waals surface area contributed by atoms with Gasteiger partial charge >= 0.3 is 51.4 Å². The number of hydrogen-bond donors (Lipinski definition) is 3. The third-order valence-corrected chi connectivity index (χ3v) is 2.30. The monoisotopic (exact) mass is 282 g/mol. The van der Waals surface area contributed by atoms with Crippen molar-refractivity contribution in [3.8, 4) is 0 Å². The largest absolute Gasteiger partial charge is 1.00 e. The molecule has 100 valence electrons. The number of rotatable bonds is 10. The number of nitrogens with one attached hydrogen (secondary N) is 2. The van der Waals surface area contributed by atoms with E-state index in [1.807, 2.05) is 19.1 Å². The van der Waals surface area contributed by atoms with Gasteiger partial charge in [-0.15, -0.1) is 0 Å². The van der Waals surface area contributed by atoms with E-state index in [1.54, 1.807) is 6.92 Å². The molecule has 0 spiro atoms. The number of carbonyl (C=O) groups excluding carboxylic acids is 1. The number of aliphatic hydroxyl groups excluding tert-OH is 1. The standard InChI is InChI=1S/C12H24N2O3.K/c1-3-4-5-6-11(15)9-13-7-8-14-10(2)12(16)17;/h4-5,10-11,13-15H,3,6-9H2,1-2H3,(H,16,17);/q;+1/p-1/b5-4+;. The predicted molar refractivity (Wildman–Crippen MR) is 65.4 cm³/mol. The number of aliphatic hydroxyl groups is 1. The summed E-state index contributed by atoms with van der Waals surface area (Å²) in [5, 5.41) is 25.7. The van der Waals surface area contributed by atoms with E-state index >= 15 is 0 Å². The van der Waals surface area contributed by atoms with E-state index in [1.165, 1.54) is 0 Å². The molecule has 0 rings (SSSR count). The summed E-state index contributed by atoms with van der Waals surface area (Å²) in [6.07, 6.45) is 5.21. The van der Waals surface area contributed by atoms with Crippen LogP contribution < -0.4 is 67.1 Å². The third-order valence-electron chi connectivity index (χ3n) is 2.30. The maximum Gasteiger partial charge on any atom is 1.00 e. The van der Waals surface area contributed by atoms with Crippen molar-refractivity contribution < 1.29 is 66.4 Å². The Morgan fingerprint density at radius 2 is 2.06 bits per heavy atom. The topological polar surface area (TPSA) is 84.4 Å². The number of hydrogen-bond acceptors (Lipinski definition) is 5. The number of carbonyl (C=O) groups is 1. The van der Waals surface area contributed by atoms with E-state index < -0.39 is 18.1 Å². The van der Waals surface area contributed by atoms with Crippen LogP contribution in [0.15, 0.2) is 12.2 Å². The van der Waals surface area contributed by atoms with Crippen molar-refractivity contribution in [2.24, 2.45) is 0 Å². The second-order valence-corrected chi connectivity index (χ2v) is 3.97. The Balaban J connectivity index is 0. The van der Waals surface area contributed by atoms with E-state index in [4.69, 9.17) is 0 Å². The number of allylic oxidation sites excluding steroid dienone is 1. The van der Waals surface area contributed by atoms with Gasteiger partial charge in [-0.3, -0.25) is 0 Å². The molecule has 0 aliphatic carbocycles. The minimum atomic E-state index is -1.10. The Morgan fingerprint density at radius 3 is 2.61 bits per heavy atom. The van der Waals surface area contributed by atoms with Crippen molar-refractivity contribution in [1.29, 1.82) is 0 Å². The van der Waals surface area contributed by atoms with Crippen molar-refractivity contribution in [1.82, 2.24) is 10.6 Å². The SMILES string of the molecule is CC/C=C/CC(O)CNCCNC(C)C(=O)[O-].[K+]. The normalized spacial score (nSPS) is 14.2. The molecule has 18 heavy (non-hydrogen) atoms. The van der Waals surface area contributed by atoms with Crippen LogP contribution in [0.2, 0.25) is 0 Å². The Bertz CT molecular complexity index is 237. The van der Waals surface area contributed by atoms with Crippen LogP contribution in [0.3, 0.4) is 0 Å². The Hall–Kier alpha value is 0.726. The van der Waals surface area contributed by atoms with Gasteiger partial charge in [0.05, 0.1) is 12.1 Å². The van der Waals surface area contributed by atoms with Crippen molar-refractivity contribution in [3.63, 3.8) is 0 Å². The molecule has 2 atom stereocenters. The predicted octanol–water partition coefficient (Wildman–Crippen LogP) is -3.97. The molecule has 0 heterocycles. The van der Waals surface area contributed by atoms with E-state index in [0.29, 0.717) is 26.1 Å². The van der Waals surface area contributed by atoms with Crippen LogP contribution in [0.25, 0.3) is 0 Å². The molecule has 2 unspecified atom stereocenters. The van der Waals surface area contributed by atoms with Gasteiger partial charge in [0.2, 0.25) is 0 Å². The molecule has 6 heteroatoms. The Kier molecular flexibility index (Phi) is 16.5. The molecule has 3 N–H and O–H groups in total. The minimum Gasteiger partial charge on any atom is -0.548 e. The smallest absolute Gasteiger partial charge is 0.548 e. The maximum atomic E-state index is 10.4. The van der Waals surface area contributed by atoms with Crippen LogP contribution in [-0.4, -0.2) is 42.9 Å². The summed E-state index contributed by atoms with van der Waals surface area (Å²) in [5.41, 5.74) is 0. The van der Waals surface area contributed by atoms with Crippen LogP contribution in [0.5, 0.6) is 0 Å². The minimum absolute atomic E-state index is 0. The van der Waals surface area contributed by atoms with Crippen LogP contribution in [0.1, 0.15) is 26.7 Å². The molecule has 0 saturated carbocycles. The first-order chi connectivity index (χ1) is 8.07. The average Bonchev–Trinajstić information content (AvgIpc) is 2.28. The van der Waals surface area contributed by atoms with Crippen LogP contribution in [0.4, 0.5) is 0 Å². The van der Waals surface area contributed by atoms with Crippen molar-refractivity contribution in [3.05, 3.63) is 12.2 Å². The van der Waals surface area contributed by atoms with Crippen molar-refractivity contribution in [2.45, 2.75) is 38.8 Å². The summed E-state index contributed by atoms with van der Waals surface area (Å²) in [7, 11) is 0. The quantitative estimate of drug-likeness (QED) is 0.216. The molecule has 0 aromatic carbocycles. The first-order valence-electron chi connectivity index (χ1n) is 6.06. The molecule has 0 radical (unpaired) electrons. The molecule has 0 aromatic heterocycles.